The van der Waals surface area contributed by atoms with Crippen LogP contribution >= 0.6 is 46.4 Å². The molecule has 11 heteroatoms. The zero-order valence-corrected chi connectivity index (χ0v) is 18.9. The van der Waals surface area contributed by atoms with Crippen LogP contribution in [0.25, 0.3) is 0 Å². The number of carbonyl (C=O) groups is 2. The number of phenols is 1. The van der Waals surface area contributed by atoms with E-state index in [1.54, 1.807) is 18.2 Å². The number of rotatable bonds is 5. The van der Waals surface area contributed by atoms with Crippen LogP contribution in [0.4, 0.5) is 5.69 Å². The summed E-state index contributed by atoms with van der Waals surface area (Å²) in [5.41, 5.74) is 0.940. The molecule has 0 saturated carbocycles. The van der Waals surface area contributed by atoms with Crippen molar-refractivity contribution in [2.75, 3.05) is 5.06 Å². The van der Waals surface area contributed by atoms with Gasteiger partial charge in [-0.25, -0.2) is 4.79 Å². The number of carboxylic acid groups (broad SMARTS) is 1. The van der Waals surface area contributed by atoms with E-state index < -0.39 is 11.9 Å². The van der Waals surface area contributed by atoms with Crippen molar-refractivity contribution in [3.05, 3.63) is 79.7 Å². The second-order valence-electron chi connectivity index (χ2n) is 6.45. The average Bonchev–Trinajstić information content (AvgIpc) is 2.75. The summed E-state index contributed by atoms with van der Waals surface area (Å²) in [6.45, 7) is 0. The Bertz CT molecular complexity index is 1220. The Hall–Kier alpha value is -2.68. The van der Waals surface area contributed by atoms with Crippen molar-refractivity contribution in [2.24, 2.45) is 0 Å². The molecule has 3 aromatic carbocycles. The van der Waals surface area contributed by atoms with E-state index in [0.717, 1.165) is 11.6 Å². The molecule has 0 radical (unpaired) electrons. The summed E-state index contributed by atoms with van der Waals surface area (Å²) in [5.74, 6) is -3.40. The molecule has 3 rings (SSSR count). The number of nitrogens with zero attached hydrogens (tertiary/aromatic N) is 1. The second-order valence-corrected chi connectivity index (χ2v) is 8.05. The zero-order valence-electron chi connectivity index (χ0n) is 15.9. The van der Waals surface area contributed by atoms with Crippen molar-refractivity contribution in [3.8, 4) is 17.2 Å². The summed E-state index contributed by atoms with van der Waals surface area (Å²) >= 11 is 24.3. The van der Waals surface area contributed by atoms with E-state index in [0.29, 0.717) is 22.0 Å². The number of ether oxygens (including phenoxy) is 1. The van der Waals surface area contributed by atoms with Gasteiger partial charge in [0.05, 0.1) is 20.8 Å². The number of hydrogen-bond acceptors (Lipinski definition) is 5. The van der Waals surface area contributed by atoms with Crippen LogP contribution in [0.3, 0.4) is 0 Å². The van der Waals surface area contributed by atoms with Gasteiger partial charge in [-0.3, -0.25) is 10.0 Å². The Morgan fingerprint density at radius 2 is 1.59 bits per heavy atom. The molecule has 0 fully saturated rings. The molecule has 32 heavy (non-hydrogen) atoms. The molecule has 0 saturated heterocycles. The van der Waals surface area contributed by atoms with Crippen LogP contribution in [-0.2, 0) is 16.0 Å². The predicted octanol–water partition coefficient (Wildman–Crippen LogP) is 6.20. The van der Waals surface area contributed by atoms with Gasteiger partial charge in [0, 0.05) is 12.0 Å². The smallest absolute Gasteiger partial charge is 0.397 e. The molecule has 0 aliphatic rings. The molecule has 0 unspecified atom stereocenters. The van der Waals surface area contributed by atoms with Gasteiger partial charge >= 0.3 is 11.9 Å². The first-order valence-corrected chi connectivity index (χ1v) is 10.3. The largest absolute Gasteiger partial charge is 0.508 e. The van der Waals surface area contributed by atoms with Crippen molar-refractivity contribution >= 4 is 64.0 Å². The van der Waals surface area contributed by atoms with E-state index in [1.807, 2.05) is 0 Å². The maximum Gasteiger partial charge on any atom is 0.397 e. The van der Waals surface area contributed by atoms with Gasteiger partial charge in [-0.2, -0.15) is 5.06 Å². The van der Waals surface area contributed by atoms with Crippen LogP contribution in [0.1, 0.15) is 11.1 Å². The van der Waals surface area contributed by atoms with Gasteiger partial charge in [-0.15, -0.1) is 0 Å². The summed E-state index contributed by atoms with van der Waals surface area (Å²) < 4.78 is 5.73. The lowest BCUT2D eigenvalue weighted by atomic mass is 10.0. The highest BCUT2D eigenvalue weighted by atomic mass is 35.5. The molecule has 0 aliphatic carbocycles. The number of aliphatic carboxylic acids is 1. The first kappa shape index (κ1) is 24.0. The quantitative estimate of drug-likeness (QED) is 0.212. The number of anilines is 1. The number of phenolic OH excluding ortho intramolecular Hbond substituents is 1. The molecule has 0 spiro atoms. The number of carboxylic acids is 1. The van der Waals surface area contributed by atoms with Crippen LogP contribution in [0, 0.1) is 0 Å². The standard InChI is InChI=1S/C21H13Cl4NO6/c22-13-3-1-10(8-15(13)24)7-11-9-12(2-6-17(11)27)32-19-14(23)4-5-16(18(19)25)26(31)20(28)21(29)30/h1-6,8-9,27,31H,7H2,(H,29,30). The summed E-state index contributed by atoms with van der Waals surface area (Å²) in [6, 6.07) is 11.9. The molecule has 0 bridgehead atoms. The third kappa shape index (κ3) is 5.20. The molecule has 3 N–H and O–H groups in total. The Balaban J connectivity index is 1.93. The fraction of sp³-hybridized carbons (Fsp3) is 0.0476. The van der Waals surface area contributed by atoms with Crippen LogP contribution in [0.15, 0.2) is 48.5 Å². The van der Waals surface area contributed by atoms with Crippen LogP contribution in [0.5, 0.6) is 17.2 Å². The molecule has 166 valence electrons. The van der Waals surface area contributed by atoms with Gasteiger partial charge in [0.1, 0.15) is 16.5 Å². The van der Waals surface area contributed by atoms with E-state index in [4.69, 9.17) is 56.2 Å². The lowest BCUT2D eigenvalue weighted by Crippen LogP contribution is -2.33. The van der Waals surface area contributed by atoms with Gasteiger partial charge in [-0.1, -0.05) is 52.5 Å². The number of hydrogen-bond donors (Lipinski definition) is 3. The Morgan fingerprint density at radius 1 is 0.906 bits per heavy atom. The highest BCUT2D eigenvalue weighted by molar-refractivity contribution is 6.42. The Labute approximate surface area is 201 Å². The normalized spacial score (nSPS) is 10.7. The number of carbonyl (C=O) groups excluding carboxylic acids is 1. The lowest BCUT2D eigenvalue weighted by molar-refractivity contribution is -0.151. The molecule has 0 aliphatic heterocycles. The Kier molecular flexibility index (Phi) is 7.38. The highest BCUT2D eigenvalue weighted by Gasteiger charge is 2.25. The molecule has 3 aromatic rings. The molecule has 0 atom stereocenters. The van der Waals surface area contributed by atoms with Crippen molar-refractivity contribution < 1.29 is 29.7 Å². The monoisotopic (exact) mass is 515 g/mol. The topological polar surface area (TPSA) is 107 Å². The van der Waals surface area contributed by atoms with Gasteiger partial charge in [0.15, 0.2) is 5.75 Å². The number of benzene rings is 3. The summed E-state index contributed by atoms with van der Waals surface area (Å²) in [5, 5.41) is 29.3. The Morgan fingerprint density at radius 3 is 2.25 bits per heavy atom. The second kappa shape index (κ2) is 9.85. The van der Waals surface area contributed by atoms with Gasteiger partial charge in [0.25, 0.3) is 0 Å². The van der Waals surface area contributed by atoms with Gasteiger partial charge < -0.3 is 14.9 Å². The molecule has 0 heterocycles. The summed E-state index contributed by atoms with van der Waals surface area (Å²) in [4.78, 5) is 22.4. The predicted molar refractivity (Wildman–Crippen MR) is 121 cm³/mol. The van der Waals surface area contributed by atoms with Crippen molar-refractivity contribution in [1.29, 1.82) is 0 Å². The zero-order chi connectivity index (χ0) is 23.6. The maximum absolute atomic E-state index is 11.5. The third-order valence-electron chi connectivity index (χ3n) is 4.28. The minimum Gasteiger partial charge on any atom is -0.508 e. The van der Waals surface area contributed by atoms with E-state index in [-0.39, 0.29) is 38.0 Å². The molecular weight excluding hydrogens is 504 g/mol. The summed E-state index contributed by atoms with van der Waals surface area (Å²) in [7, 11) is 0. The third-order valence-corrected chi connectivity index (χ3v) is 5.68. The van der Waals surface area contributed by atoms with Crippen molar-refractivity contribution in [3.63, 3.8) is 0 Å². The highest BCUT2D eigenvalue weighted by Crippen LogP contribution is 2.42. The van der Waals surface area contributed by atoms with Gasteiger partial charge in [0.2, 0.25) is 0 Å². The molecule has 7 nitrogen and oxygen atoms in total. The number of halogens is 4. The first-order valence-electron chi connectivity index (χ1n) is 8.76. The van der Waals surface area contributed by atoms with Crippen LogP contribution in [0.2, 0.25) is 20.1 Å². The van der Waals surface area contributed by atoms with E-state index in [1.165, 1.54) is 24.3 Å². The number of aromatic hydroxyl groups is 1. The van der Waals surface area contributed by atoms with Crippen LogP contribution < -0.4 is 9.80 Å². The van der Waals surface area contributed by atoms with Crippen molar-refractivity contribution in [1.82, 2.24) is 0 Å². The SMILES string of the molecule is O=C(O)C(=O)N(O)c1ccc(Cl)c(Oc2ccc(O)c(Cc3ccc(Cl)c(Cl)c3)c2)c1Cl. The fourth-order valence-corrected chi connectivity index (χ4v) is 3.58. The molecule has 1 amide bonds. The molecule has 0 aromatic heterocycles. The maximum atomic E-state index is 11.5. The fourth-order valence-electron chi connectivity index (χ4n) is 2.73. The minimum absolute atomic E-state index is 0.00274. The number of hydroxylamine groups is 1. The minimum atomic E-state index is -1.88. The number of amides is 1. The first-order chi connectivity index (χ1) is 15.1. The van der Waals surface area contributed by atoms with Crippen molar-refractivity contribution in [2.45, 2.75) is 6.42 Å². The summed E-state index contributed by atoms with van der Waals surface area (Å²) in [6.07, 6.45) is 0.305. The van der Waals surface area contributed by atoms with Crippen LogP contribution in [-0.4, -0.2) is 27.3 Å². The average molecular weight is 517 g/mol. The van der Waals surface area contributed by atoms with Gasteiger partial charge in [-0.05, 0) is 48.0 Å². The molecular formula is C21H13Cl4NO6. The van der Waals surface area contributed by atoms with E-state index >= 15 is 0 Å². The van der Waals surface area contributed by atoms with E-state index in [9.17, 15) is 19.9 Å². The van der Waals surface area contributed by atoms with E-state index in [2.05, 4.69) is 0 Å². The lowest BCUT2D eigenvalue weighted by Gasteiger charge is -2.18.